The quantitative estimate of drug-likeness (QED) is 0.444. The highest BCUT2D eigenvalue weighted by atomic mass is 32.2. The fourth-order valence-corrected chi connectivity index (χ4v) is 6.69. The molecule has 33 heavy (non-hydrogen) atoms. The molecule has 2 heterocycles. The molecule has 2 atom stereocenters. The lowest BCUT2D eigenvalue weighted by atomic mass is 10.2. The molecule has 0 aliphatic carbocycles. The summed E-state index contributed by atoms with van der Waals surface area (Å²) in [5, 5.41) is 0.187. The van der Waals surface area contributed by atoms with Crippen LogP contribution in [0.25, 0.3) is 16.7 Å². The van der Waals surface area contributed by atoms with Crippen molar-refractivity contribution in [2.45, 2.75) is 48.6 Å². The molecule has 10 heteroatoms. The smallest absolute Gasteiger partial charge is 0.319 e. The molecular weight excluding hydrogens is 462 g/mol. The van der Waals surface area contributed by atoms with Crippen LogP contribution in [-0.2, 0) is 19.6 Å². The minimum absolute atomic E-state index is 0.148. The number of imidazole rings is 1. The lowest BCUT2D eigenvalue weighted by Crippen LogP contribution is -2.30. The standard InChI is InChI=1S/C23H27N3O5S2/c1-5-25(6-2)33(28,29)16-11-12-18-17(14-16)24-23(32-21-13-15(3)31-22(21)27)26(18)19-9-7-8-10-20(19)30-4/h7-12,14-15,21H,5-6,13H2,1-4H3/t15-,21+/m0/s1. The maximum Gasteiger partial charge on any atom is 0.319 e. The van der Waals surface area contributed by atoms with Gasteiger partial charge in [0.2, 0.25) is 10.0 Å². The van der Waals surface area contributed by atoms with Gasteiger partial charge in [0.05, 0.1) is 28.7 Å². The number of esters is 1. The first-order valence-corrected chi connectivity index (χ1v) is 13.1. The second-order valence-electron chi connectivity index (χ2n) is 7.73. The lowest BCUT2D eigenvalue weighted by Gasteiger charge is -2.18. The fraction of sp³-hybridized carbons (Fsp3) is 0.391. The van der Waals surface area contributed by atoms with E-state index in [0.717, 1.165) is 11.2 Å². The van der Waals surface area contributed by atoms with Crippen LogP contribution in [0.1, 0.15) is 27.2 Å². The molecule has 3 aromatic rings. The van der Waals surface area contributed by atoms with Gasteiger partial charge in [-0.1, -0.05) is 37.7 Å². The number of aromatic nitrogens is 2. The summed E-state index contributed by atoms with van der Waals surface area (Å²) in [6.07, 6.45) is 0.435. The van der Waals surface area contributed by atoms with Gasteiger partial charge in [-0.3, -0.25) is 9.36 Å². The van der Waals surface area contributed by atoms with Gasteiger partial charge in [-0.05, 0) is 37.3 Å². The van der Waals surface area contributed by atoms with E-state index in [2.05, 4.69) is 0 Å². The molecule has 1 aliphatic rings. The second-order valence-corrected chi connectivity index (χ2v) is 10.8. The molecule has 176 valence electrons. The molecule has 1 saturated heterocycles. The number of rotatable bonds is 8. The number of carbonyl (C=O) groups excluding carboxylic acids is 1. The maximum atomic E-state index is 13.1. The minimum Gasteiger partial charge on any atom is -0.495 e. The third-order valence-corrected chi connectivity index (χ3v) is 8.84. The van der Waals surface area contributed by atoms with Gasteiger partial charge < -0.3 is 9.47 Å². The average Bonchev–Trinajstić information content (AvgIpc) is 3.31. The van der Waals surface area contributed by atoms with Crippen LogP contribution in [0.3, 0.4) is 0 Å². The zero-order valence-electron chi connectivity index (χ0n) is 19.0. The van der Waals surface area contributed by atoms with Gasteiger partial charge in [-0.15, -0.1) is 0 Å². The van der Waals surface area contributed by atoms with Crippen LogP contribution in [0, 0.1) is 0 Å². The van der Waals surface area contributed by atoms with Crippen molar-refractivity contribution in [1.29, 1.82) is 0 Å². The van der Waals surface area contributed by atoms with Crippen LogP contribution in [0.4, 0.5) is 0 Å². The van der Waals surface area contributed by atoms with E-state index in [1.165, 1.54) is 16.1 Å². The first-order valence-electron chi connectivity index (χ1n) is 10.8. The molecule has 0 unspecified atom stereocenters. The number of cyclic esters (lactones) is 1. The van der Waals surface area contributed by atoms with Crippen molar-refractivity contribution >= 4 is 38.8 Å². The molecule has 0 spiro atoms. The number of hydrogen-bond donors (Lipinski definition) is 0. The fourth-order valence-electron chi connectivity index (χ4n) is 3.98. The number of para-hydroxylation sites is 2. The van der Waals surface area contributed by atoms with Gasteiger partial charge in [0.1, 0.15) is 17.1 Å². The second kappa shape index (κ2) is 9.36. The molecule has 0 amide bonds. The third kappa shape index (κ3) is 4.34. The van der Waals surface area contributed by atoms with Crippen LogP contribution >= 0.6 is 11.8 Å². The van der Waals surface area contributed by atoms with Crippen LogP contribution in [-0.4, -0.2) is 59.8 Å². The van der Waals surface area contributed by atoms with Crippen molar-refractivity contribution in [3.63, 3.8) is 0 Å². The summed E-state index contributed by atoms with van der Waals surface area (Å²) in [4.78, 5) is 17.3. The highest BCUT2D eigenvalue weighted by molar-refractivity contribution is 8.00. The number of nitrogens with zero attached hydrogens (tertiary/aromatic N) is 3. The number of carbonyl (C=O) groups is 1. The minimum atomic E-state index is -3.63. The topological polar surface area (TPSA) is 90.7 Å². The zero-order chi connectivity index (χ0) is 23.8. The Labute approximate surface area is 197 Å². The molecule has 0 saturated carbocycles. The van der Waals surface area contributed by atoms with Gasteiger partial charge in [-0.25, -0.2) is 13.4 Å². The Hall–Kier alpha value is -2.56. The summed E-state index contributed by atoms with van der Waals surface area (Å²) in [6.45, 7) is 6.26. The molecule has 4 rings (SSSR count). The number of benzene rings is 2. The van der Waals surface area contributed by atoms with Crippen molar-refractivity contribution in [3.05, 3.63) is 42.5 Å². The van der Waals surface area contributed by atoms with Crippen LogP contribution in [0.2, 0.25) is 0 Å². The van der Waals surface area contributed by atoms with E-state index in [9.17, 15) is 13.2 Å². The molecule has 0 N–H and O–H groups in total. The summed E-state index contributed by atoms with van der Waals surface area (Å²) in [5.74, 6) is 0.372. The van der Waals surface area contributed by atoms with Gasteiger partial charge in [0, 0.05) is 19.5 Å². The van der Waals surface area contributed by atoms with Crippen molar-refractivity contribution in [3.8, 4) is 11.4 Å². The van der Waals surface area contributed by atoms with E-state index >= 15 is 0 Å². The third-order valence-electron chi connectivity index (χ3n) is 5.64. The number of methoxy groups -OCH3 is 1. The molecule has 8 nitrogen and oxygen atoms in total. The first kappa shape index (κ1) is 23.6. The van der Waals surface area contributed by atoms with E-state index < -0.39 is 10.0 Å². The molecule has 1 aliphatic heterocycles. The molecule has 1 aromatic heterocycles. The van der Waals surface area contributed by atoms with E-state index in [0.29, 0.717) is 35.9 Å². The monoisotopic (exact) mass is 489 g/mol. The number of sulfonamides is 1. The van der Waals surface area contributed by atoms with Crippen molar-refractivity contribution in [1.82, 2.24) is 13.9 Å². The van der Waals surface area contributed by atoms with Crippen molar-refractivity contribution in [2.75, 3.05) is 20.2 Å². The van der Waals surface area contributed by atoms with Crippen LogP contribution in [0.15, 0.2) is 52.5 Å². The summed E-state index contributed by atoms with van der Waals surface area (Å²) >= 11 is 1.32. The van der Waals surface area contributed by atoms with E-state index in [-0.39, 0.29) is 22.2 Å². The SMILES string of the molecule is CCN(CC)S(=O)(=O)c1ccc2c(c1)nc(S[C@@H]1C[C@H](C)OC1=O)n2-c1ccccc1OC. The largest absolute Gasteiger partial charge is 0.495 e. The summed E-state index contributed by atoms with van der Waals surface area (Å²) in [7, 11) is -2.04. The highest BCUT2D eigenvalue weighted by Crippen LogP contribution is 2.38. The lowest BCUT2D eigenvalue weighted by molar-refractivity contribution is -0.140. The Balaban J connectivity index is 1.88. The number of fused-ring (bicyclic) bond motifs is 1. The Morgan fingerprint density at radius 2 is 1.94 bits per heavy atom. The van der Waals surface area contributed by atoms with Crippen LogP contribution in [0.5, 0.6) is 5.75 Å². The average molecular weight is 490 g/mol. The number of hydrogen-bond acceptors (Lipinski definition) is 7. The normalized spacial score (nSPS) is 18.8. The van der Waals surface area contributed by atoms with E-state index in [1.54, 1.807) is 25.3 Å². The maximum absolute atomic E-state index is 13.1. The Kier molecular flexibility index (Phi) is 6.69. The molecule has 0 bridgehead atoms. The van der Waals surface area contributed by atoms with Gasteiger partial charge in [0.25, 0.3) is 0 Å². The zero-order valence-corrected chi connectivity index (χ0v) is 20.6. The first-order chi connectivity index (χ1) is 15.8. The van der Waals surface area contributed by atoms with E-state index in [1.807, 2.05) is 49.6 Å². The Morgan fingerprint density at radius 1 is 1.21 bits per heavy atom. The molecular formula is C23H27N3O5S2. The predicted molar refractivity (Wildman–Crippen MR) is 128 cm³/mol. The van der Waals surface area contributed by atoms with Crippen molar-refractivity contribution < 1.29 is 22.7 Å². The molecule has 2 aromatic carbocycles. The molecule has 1 fully saturated rings. The summed E-state index contributed by atoms with van der Waals surface area (Å²) in [6, 6.07) is 12.5. The highest BCUT2D eigenvalue weighted by Gasteiger charge is 2.34. The van der Waals surface area contributed by atoms with Gasteiger partial charge in [-0.2, -0.15) is 4.31 Å². The Morgan fingerprint density at radius 3 is 2.58 bits per heavy atom. The Bertz CT molecular complexity index is 1280. The van der Waals surface area contributed by atoms with Gasteiger partial charge in [0.15, 0.2) is 5.16 Å². The molecule has 0 radical (unpaired) electrons. The number of ether oxygens (including phenoxy) is 2. The summed E-state index contributed by atoms with van der Waals surface area (Å²) in [5.41, 5.74) is 2.00. The number of thioether (sulfide) groups is 1. The summed E-state index contributed by atoms with van der Waals surface area (Å²) < 4.78 is 40.3. The van der Waals surface area contributed by atoms with Crippen LogP contribution < -0.4 is 4.74 Å². The van der Waals surface area contributed by atoms with Crippen molar-refractivity contribution in [2.24, 2.45) is 0 Å². The predicted octanol–water partition coefficient (Wildman–Crippen LogP) is 3.86. The van der Waals surface area contributed by atoms with Gasteiger partial charge >= 0.3 is 5.97 Å². The van der Waals surface area contributed by atoms with E-state index in [4.69, 9.17) is 14.5 Å².